The van der Waals surface area contributed by atoms with E-state index in [-0.39, 0.29) is 0 Å². The molecule has 0 bridgehead atoms. The predicted molar refractivity (Wildman–Crippen MR) is 65.0 cm³/mol. The summed E-state index contributed by atoms with van der Waals surface area (Å²) in [6.45, 7) is 9.73. The van der Waals surface area contributed by atoms with Gasteiger partial charge < -0.3 is 5.32 Å². The molecule has 0 aromatic rings. The molecule has 1 saturated heterocycles. The van der Waals surface area contributed by atoms with E-state index in [0.717, 1.165) is 18.5 Å². The van der Waals surface area contributed by atoms with Crippen LogP contribution in [0.2, 0.25) is 0 Å². The van der Waals surface area contributed by atoms with Crippen molar-refractivity contribution in [2.24, 2.45) is 5.92 Å². The molecule has 1 heterocycles. The molecular weight excluding hydrogens is 184 g/mol. The van der Waals surface area contributed by atoms with Gasteiger partial charge in [-0.1, -0.05) is 13.0 Å². The van der Waals surface area contributed by atoms with E-state index in [1.165, 1.54) is 38.8 Å². The zero-order chi connectivity index (χ0) is 10.7. The minimum atomic E-state index is 0.717. The number of piperidine rings is 1. The minimum absolute atomic E-state index is 0.717. The molecule has 1 aliphatic carbocycles. The lowest BCUT2D eigenvalue weighted by Gasteiger charge is -2.32. The van der Waals surface area contributed by atoms with Crippen molar-refractivity contribution in [2.45, 2.75) is 44.7 Å². The van der Waals surface area contributed by atoms with Crippen LogP contribution in [0.1, 0.15) is 32.6 Å². The molecule has 0 amide bonds. The summed E-state index contributed by atoms with van der Waals surface area (Å²) in [5.41, 5.74) is 0. The van der Waals surface area contributed by atoms with Crippen molar-refractivity contribution in [3.05, 3.63) is 12.7 Å². The zero-order valence-electron chi connectivity index (χ0n) is 9.91. The fourth-order valence-corrected chi connectivity index (χ4v) is 2.62. The Labute approximate surface area is 93.7 Å². The van der Waals surface area contributed by atoms with Gasteiger partial charge in [-0.15, -0.1) is 6.58 Å². The van der Waals surface area contributed by atoms with Gasteiger partial charge in [0.25, 0.3) is 0 Å². The SMILES string of the molecule is C=CCN(CC1CC(C)CCN1)C1CC1. The largest absolute Gasteiger partial charge is 0.313 e. The third-order valence-electron chi connectivity index (χ3n) is 3.64. The Morgan fingerprint density at radius 1 is 1.40 bits per heavy atom. The minimum Gasteiger partial charge on any atom is -0.313 e. The summed E-state index contributed by atoms with van der Waals surface area (Å²) in [7, 11) is 0. The molecule has 15 heavy (non-hydrogen) atoms. The summed E-state index contributed by atoms with van der Waals surface area (Å²) in [4.78, 5) is 2.60. The van der Waals surface area contributed by atoms with Crippen LogP contribution < -0.4 is 5.32 Å². The second kappa shape index (κ2) is 5.13. The van der Waals surface area contributed by atoms with E-state index < -0.39 is 0 Å². The van der Waals surface area contributed by atoms with E-state index in [0.29, 0.717) is 6.04 Å². The molecule has 2 aliphatic rings. The third-order valence-corrected chi connectivity index (χ3v) is 3.64. The Hall–Kier alpha value is -0.340. The molecule has 1 saturated carbocycles. The summed E-state index contributed by atoms with van der Waals surface area (Å²) in [6.07, 6.45) is 7.54. The second-order valence-electron chi connectivity index (χ2n) is 5.25. The standard InChI is InChI=1S/C13H24N2/c1-3-8-15(13-4-5-13)10-12-9-11(2)6-7-14-12/h3,11-14H,1,4-10H2,2H3. The van der Waals surface area contributed by atoms with Crippen molar-refractivity contribution < 1.29 is 0 Å². The number of hydrogen-bond acceptors (Lipinski definition) is 2. The predicted octanol–water partition coefficient (Wildman–Crippen LogP) is 2.02. The highest BCUT2D eigenvalue weighted by Gasteiger charge is 2.30. The summed E-state index contributed by atoms with van der Waals surface area (Å²) in [5, 5.41) is 3.65. The van der Waals surface area contributed by atoms with Crippen molar-refractivity contribution in [3.63, 3.8) is 0 Å². The van der Waals surface area contributed by atoms with Gasteiger partial charge in [-0.25, -0.2) is 0 Å². The third kappa shape index (κ3) is 3.32. The Morgan fingerprint density at radius 3 is 2.80 bits per heavy atom. The van der Waals surface area contributed by atoms with Gasteiger partial charge in [-0.2, -0.15) is 0 Å². The van der Waals surface area contributed by atoms with Crippen LogP contribution in [0.4, 0.5) is 0 Å². The zero-order valence-corrected chi connectivity index (χ0v) is 9.91. The van der Waals surface area contributed by atoms with Crippen LogP contribution in [0, 0.1) is 5.92 Å². The highest BCUT2D eigenvalue weighted by molar-refractivity contribution is 4.91. The van der Waals surface area contributed by atoms with Gasteiger partial charge >= 0.3 is 0 Å². The molecule has 0 radical (unpaired) electrons. The van der Waals surface area contributed by atoms with Crippen LogP contribution in [-0.2, 0) is 0 Å². The highest BCUT2D eigenvalue weighted by Crippen LogP contribution is 2.27. The van der Waals surface area contributed by atoms with Gasteiger partial charge in [0.1, 0.15) is 0 Å². The molecule has 0 aromatic heterocycles. The van der Waals surface area contributed by atoms with Crippen molar-refractivity contribution >= 4 is 0 Å². The Balaban J connectivity index is 1.79. The molecule has 0 aromatic carbocycles. The van der Waals surface area contributed by atoms with Gasteiger partial charge in [-0.05, 0) is 38.1 Å². The molecule has 1 N–H and O–H groups in total. The van der Waals surface area contributed by atoms with Crippen LogP contribution in [0.25, 0.3) is 0 Å². The van der Waals surface area contributed by atoms with Crippen LogP contribution >= 0.6 is 0 Å². The Bertz CT molecular complexity index is 211. The smallest absolute Gasteiger partial charge is 0.0197 e. The van der Waals surface area contributed by atoms with Crippen molar-refractivity contribution in [2.75, 3.05) is 19.6 Å². The molecule has 2 rings (SSSR count). The maximum atomic E-state index is 3.86. The molecule has 2 heteroatoms. The summed E-state index contributed by atoms with van der Waals surface area (Å²) >= 11 is 0. The number of rotatable bonds is 5. The van der Waals surface area contributed by atoms with Gasteiger partial charge in [0.05, 0.1) is 0 Å². The summed E-state index contributed by atoms with van der Waals surface area (Å²) < 4.78 is 0. The first-order valence-corrected chi connectivity index (χ1v) is 6.38. The van der Waals surface area contributed by atoms with Crippen LogP contribution in [-0.4, -0.2) is 36.6 Å². The lowest BCUT2D eigenvalue weighted by molar-refractivity contribution is 0.214. The summed E-state index contributed by atoms with van der Waals surface area (Å²) in [6, 6.07) is 1.58. The lowest BCUT2D eigenvalue weighted by atomic mass is 9.94. The number of nitrogens with one attached hydrogen (secondary N) is 1. The van der Waals surface area contributed by atoms with Crippen LogP contribution in [0.5, 0.6) is 0 Å². The average Bonchev–Trinajstić information content (AvgIpc) is 3.00. The number of hydrogen-bond donors (Lipinski definition) is 1. The first-order valence-electron chi connectivity index (χ1n) is 6.38. The quantitative estimate of drug-likeness (QED) is 0.695. The Kier molecular flexibility index (Phi) is 3.81. The molecule has 2 nitrogen and oxygen atoms in total. The fraction of sp³-hybridized carbons (Fsp3) is 0.846. The molecule has 2 unspecified atom stereocenters. The molecule has 2 atom stereocenters. The van der Waals surface area contributed by atoms with Crippen molar-refractivity contribution in [1.82, 2.24) is 10.2 Å². The van der Waals surface area contributed by atoms with Gasteiger partial charge in [-0.3, -0.25) is 4.90 Å². The van der Waals surface area contributed by atoms with E-state index in [9.17, 15) is 0 Å². The molecule has 2 fully saturated rings. The molecule has 0 spiro atoms. The molecule has 86 valence electrons. The fourth-order valence-electron chi connectivity index (χ4n) is 2.62. The van der Waals surface area contributed by atoms with Crippen molar-refractivity contribution in [3.8, 4) is 0 Å². The maximum absolute atomic E-state index is 3.86. The van der Waals surface area contributed by atoms with Crippen LogP contribution in [0.3, 0.4) is 0 Å². The van der Waals surface area contributed by atoms with Gasteiger partial charge in [0.2, 0.25) is 0 Å². The maximum Gasteiger partial charge on any atom is 0.0197 e. The average molecular weight is 208 g/mol. The second-order valence-corrected chi connectivity index (χ2v) is 5.25. The van der Waals surface area contributed by atoms with E-state index >= 15 is 0 Å². The lowest BCUT2D eigenvalue weighted by Crippen LogP contribution is -2.46. The highest BCUT2D eigenvalue weighted by atomic mass is 15.2. The normalized spacial score (nSPS) is 31.9. The van der Waals surface area contributed by atoms with Crippen molar-refractivity contribution in [1.29, 1.82) is 0 Å². The van der Waals surface area contributed by atoms with Gasteiger partial charge in [0, 0.05) is 25.2 Å². The monoisotopic (exact) mass is 208 g/mol. The van der Waals surface area contributed by atoms with E-state index in [4.69, 9.17) is 0 Å². The number of nitrogens with zero attached hydrogens (tertiary/aromatic N) is 1. The summed E-state index contributed by atoms with van der Waals surface area (Å²) in [5.74, 6) is 0.904. The van der Waals surface area contributed by atoms with Gasteiger partial charge in [0.15, 0.2) is 0 Å². The topological polar surface area (TPSA) is 15.3 Å². The van der Waals surface area contributed by atoms with E-state index in [1.54, 1.807) is 0 Å². The van der Waals surface area contributed by atoms with E-state index in [2.05, 4.69) is 23.7 Å². The van der Waals surface area contributed by atoms with E-state index in [1.807, 2.05) is 6.08 Å². The van der Waals surface area contributed by atoms with Crippen LogP contribution in [0.15, 0.2) is 12.7 Å². The first kappa shape index (κ1) is 11.2. The molecular formula is C13H24N2. The molecule has 1 aliphatic heterocycles. The first-order chi connectivity index (χ1) is 7.29. The Morgan fingerprint density at radius 2 is 2.20 bits per heavy atom.